The maximum Gasteiger partial charge on any atom is 0.243 e. The number of benzene rings is 2. The van der Waals surface area contributed by atoms with Crippen LogP contribution in [0.15, 0.2) is 47.4 Å². The Hall–Kier alpha value is -2.91. The molecule has 8 nitrogen and oxygen atoms in total. The largest absolute Gasteiger partial charge is 0.495 e. The van der Waals surface area contributed by atoms with Crippen LogP contribution in [-0.4, -0.2) is 40.4 Å². The van der Waals surface area contributed by atoms with Crippen LogP contribution in [0.4, 0.5) is 5.69 Å². The van der Waals surface area contributed by atoms with Gasteiger partial charge >= 0.3 is 0 Å². The molecular formula is C23H31N3O5S. The summed E-state index contributed by atoms with van der Waals surface area (Å²) in [5, 5.41) is 5.16. The molecule has 2 aromatic rings. The molecule has 174 valence electrons. The molecule has 0 saturated carbocycles. The molecule has 9 heteroatoms. The fourth-order valence-corrected chi connectivity index (χ4v) is 3.93. The molecule has 0 fully saturated rings. The average molecular weight is 462 g/mol. The van der Waals surface area contributed by atoms with Crippen molar-refractivity contribution < 1.29 is 22.7 Å². The predicted molar refractivity (Wildman–Crippen MR) is 124 cm³/mol. The number of hydrogen-bond donors (Lipinski definition) is 3. The Bertz CT molecular complexity index is 1060. The van der Waals surface area contributed by atoms with E-state index in [1.54, 1.807) is 36.4 Å². The predicted octanol–water partition coefficient (Wildman–Crippen LogP) is 2.72. The average Bonchev–Trinajstić information content (AvgIpc) is 2.72. The van der Waals surface area contributed by atoms with E-state index in [1.165, 1.54) is 7.11 Å². The first-order valence-corrected chi connectivity index (χ1v) is 11.7. The fourth-order valence-electron chi connectivity index (χ4n) is 2.90. The van der Waals surface area contributed by atoms with Crippen LogP contribution in [0.2, 0.25) is 0 Å². The molecule has 3 N–H and O–H groups in total. The van der Waals surface area contributed by atoms with E-state index in [0.29, 0.717) is 11.4 Å². The van der Waals surface area contributed by atoms with Gasteiger partial charge in [-0.3, -0.25) is 9.59 Å². The van der Waals surface area contributed by atoms with Gasteiger partial charge in [-0.15, -0.1) is 0 Å². The molecule has 2 amide bonds. The molecule has 0 aromatic heterocycles. The van der Waals surface area contributed by atoms with E-state index in [4.69, 9.17) is 4.74 Å². The van der Waals surface area contributed by atoms with Gasteiger partial charge in [0, 0.05) is 13.0 Å². The standard InChI is InChI=1S/C23H31N3O5S/c1-16-6-11-20(31-5)19(14-16)26-22(28)15-24-21(27)12-13-25-32(29,30)18-9-7-17(8-10-18)23(2,3)4/h6-11,14,25H,12-13,15H2,1-5H3,(H,24,27)(H,26,28). The van der Waals surface area contributed by atoms with Gasteiger partial charge in [-0.05, 0) is 47.7 Å². The van der Waals surface area contributed by atoms with Crippen LogP contribution in [0.1, 0.15) is 38.3 Å². The maximum absolute atomic E-state index is 12.4. The van der Waals surface area contributed by atoms with Crippen LogP contribution in [0, 0.1) is 6.92 Å². The number of methoxy groups -OCH3 is 1. The van der Waals surface area contributed by atoms with Crippen molar-refractivity contribution in [3.8, 4) is 5.75 Å². The van der Waals surface area contributed by atoms with Crippen LogP contribution in [-0.2, 0) is 25.0 Å². The lowest BCUT2D eigenvalue weighted by Crippen LogP contribution is -2.35. The van der Waals surface area contributed by atoms with Gasteiger partial charge in [0.05, 0.1) is 24.2 Å². The minimum absolute atomic E-state index is 0.0788. The second-order valence-corrected chi connectivity index (χ2v) is 10.2. The third kappa shape index (κ3) is 7.35. The minimum atomic E-state index is -3.73. The first-order valence-electron chi connectivity index (χ1n) is 10.2. The number of carbonyl (C=O) groups is 2. The number of rotatable bonds is 9. The van der Waals surface area contributed by atoms with E-state index >= 15 is 0 Å². The highest BCUT2D eigenvalue weighted by molar-refractivity contribution is 7.89. The normalized spacial score (nSPS) is 11.7. The number of carbonyl (C=O) groups excluding carboxylic acids is 2. The first-order chi connectivity index (χ1) is 14.9. The Morgan fingerprint density at radius 3 is 2.25 bits per heavy atom. The molecule has 0 bridgehead atoms. The van der Waals surface area contributed by atoms with Gasteiger partial charge in [0.15, 0.2) is 0 Å². The van der Waals surface area contributed by atoms with Crippen molar-refractivity contribution >= 4 is 27.5 Å². The highest BCUT2D eigenvalue weighted by atomic mass is 32.2. The summed E-state index contributed by atoms with van der Waals surface area (Å²) in [6.07, 6.45) is -0.0969. The van der Waals surface area contributed by atoms with E-state index in [-0.39, 0.29) is 29.8 Å². The van der Waals surface area contributed by atoms with Gasteiger partial charge in [0.25, 0.3) is 0 Å². The van der Waals surface area contributed by atoms with Crippen molar-refractivity contribution in [2.24, 2.45) is 0 Å². The second kappa shape index (κ2) is 10.6. The third-order valence-electron chi connectivity index (χ3n) is 4.75. The number of sulfonamides is 1. The van der Waals surface area contributed by atoms with Gasteiger partial charge in [-0.25, -0.2) is 13.1 Å². The smallest absolute Gasteiger partial charge is 0.243 e. The molecule has 0 aliphatic rings. The zero-order valence-electron chi connectivity index (χ0n) is 19.1. The Kier molecular flexibility index (Phi) is 8.40. The van der Waals surface area contributed by atoms with E-state index in [9.17, 15) is 18.0 Å². The summed E-state index contributed by atoms with van der Waals surface area (Å²) in [6, 6.07) is 12.0. The van der Waals surface area contributed by atoms with Crippen molar-refractivity contribution in [3.05, 3.63) is 53.6 Å². The van der Waals surface area contributed by atoms with E-state index < -0.39 is 21.8 Å². The van der Waals surface area contributed by atoms with Gasteiger partial charge < -0.3 is 15.4 Å². The Morgan fingerprint density at radius 2 is 1.66 bits per heavy atom. The molecule has 0 saturated heterocycles. The number of amides is 2. The van der Waals surface area contributed by atoms with Crippen LogP contribution < -0.4 is 20.1 Å². The molecule has 0 spiro atoms. The summed E-state index contributed by atoms with van der Waals surface area (Å²) < 4.78 is 32.4. The van der Waals surface area contributed by atoms with Crippen molar-refractivity contribution in [2.75, 3.05) is 25.5 Å². The number of anilines is 1. The van der Waals surface area contributed by atoms with Crippen molar-refractivity contribution in [1.82, 2.24) is 10.0 Å². The summed E-state index contributed by atoms with van der Waals surface area (Å²) in [6.45, 7) is 7.71. The summed E-state index contributed by atoms with van der Waals surface area (Å²) in [5.41, 5.74) is 2.41. The maximum atomic E-state index is 12.4. The molecule has 0 aliphatic carbocycles. The monoisotopic (exact) mass is 461 g/mol. The Labute approximate surface area is 189 Å². The van der Waals surface area contributed by atoms with Crippen molar-refractivity contribution in [2.45, 2.75) is 44.4 Å². The number of nitrogens with one attached hydrogen (secondary N) is 3. The molecule has 32 heavy (non-hydrogen) atoms. The van der Waals surface area contributed by atoms with Crippen LogP contribution >= 0.6 is 0 Å². The van der Waals surface area contributed by atoms with E-state index in [0.717, 1.165) is 11.1 Å². The van der Waals surface area contributed by atoms with Gasteiger partial charge in [0.1, 0.15) is 5.75 Å². The van der Waals surface area contributed by atoms with E-state index in [1.807, 2.05) is 33.8 Å². The highest BCUT2D eigenvalue weighted by Gasteiger charge is 2.18. The summed E-state index contributed by atoms with van der Waals surface area (Å²) in [4.78, 5) is 24.3. The quantitative estimate of drug-likeness (QED) is 0.531. The summed E-state index contributed by atoms with van der Waals surface area (Å²) in [7, 11) is -2.22. The Morgan fingerprint density at radius 1 is 1.00 bits per heavy atom. The number of aryl methyl sites for hydroxylation is 1. The zero-order chi connectivity index (χ0) is 23.9. The summed E-state index contributed by atoms with van der Waals surface area (Å²) in [5.74, 6) is -0.343. The van der Waals surface area contributed by atoms with Crippen LogP contribution in [0.25, 0.3) is 0 Å². The lowest BCUT2D eigenvalue weighted by atomic mass is 9.87. The fraction of sp³-hybridized carbons (Fsp3) is 0.391. The minimum Gasteiger partial charge on any atom is -0.495 e. The molecule has 0 radical (unpaired) electrons. The highest BCUT2D eigenvalue weighted by Crippen LogP contribution is 2.25. The second-order valence-electron chi connectivity index (χ2n) is 8.45. The first kappa shape index (κ1) is 25.4. The summed E-state index contributed by atoms with van der Waals surface area (Å²) >= 11 is 0. The van der Waals surface area contributed by atoms with E-state index in [2.05, 4.69) is 15.4 Å². The lowest BCUT2D eigenvalue weighted by Gasteiger charge is -2.19. The number of ether oxygens (including phenoxy) is 1. The molecule has 0 heterocycles. The van der Waals surface area contributed by atoms with Gasteiger partial charge in [-0.2, -0.15) is 0 Å². The van der Waals surface area contributed by atoms with Crippen LogP contribution in [0.5, 0.6) is 5.75 Å². The third-order valence-corrected chi connectivity index (χ3v) is 6.23. The van der Waals surface area contributed by atoms with Crippen molar-refractivity contribution in [1.29, 1.82) is 0 Å². The molecule has 2 rings (SSSR count). The van der Waals surface area contributed by atoms with Crippen molar-refractivity contribution in [3.63, 3.8) is 0 Å². The molecule has 0 atom stereocenters. The van der Waals surface area contributed by atoms with Gasteiger partial charge in [-0.1, -0.05) is 39.0 Å². The zero-order valence-corrected chi connectivity index (χ0v) is 19.9. The Balaban J connectivity index is 1.80. The lowest BCUT2D eigenvalue weighted by molar-refractivity contribution is -0.124. The topological polar surface area (TPSA) is 114 Å². The molecular weight excluding hydrogens is 430 g/mol. The molecule has 0 unspecified atom stereocenters. The van der Waals surface area contributed by atoms with Crippen LogP contribution in [0.3, 0.4) is 0 Å². The number of hydrogen-bond acceptors (Lipinski definition) is 5. The van der Waals surface area contributed by atoms with Gasteiger partial charge in [0.2, 0.25) is 21.8 Å². The SMILES string of the molecule is COc1ccc(C)cc1NC(=O)CNC(=O)CCNS(=O)(=O)c1ccc(C(C)(C)C)cc1. The molecule has 2 aromatic carbocycles. The molecule has 0 aliphatic heterocycles.